The quantitative estimate of drug-likeness (QED) is 0.782. The minimum atomic E-state index is -0.225. The number of nitrogens with one attached hydrogen (secondary N) is 2. The molecule has 3 amide bonds. The van der Waals surface area contributed by atoms with Gasteiger partial charge in [-0.15, -0.1) is 0 Å². The van der Waals surface area contributed by atoms with E-state index in [1.807, 2.05) is 49.9 Å². The minimum absolute atomic E-state index is 0.00753. The number of rotatable bonds is 6. The van der Waals surface area contributed by atoms with E-state index in [-0.39, 0.29) is 24.1 Å². The Kier molecular flexibility index (Phi) is 7.72. The highest BCUT2D eigenvalue weighted by Crippen LogP contribution is 2.19. The van der Waals surface area contributed by atoms with Crippen molar-refractivity contribution in [1.29, 1.82) is 0 Å². The summed E-state index contributed by atoms with van der Waals surface area (Å²) in [6.07, 6.45) is 1.80. The molecule has 1 aliphatic rings. The van der Waals surface area contributed by atoms with Crippen LogP contribution in [-0.2, 0) is 4.79 Å². The number of piperidine rings is 1. The summed E-state index contributed by atoms with van der Waals surface area (Å²) in [5.74, 6) is 1.47. The highest BCUT2D eigenvalue weighted by molar-refractivity contribution is 5.77. The van der Waals surface area contributed by atoms with E-state index in [2.05, 4.69) is 24.5 Å². The fourth-order valence-corrected chi connectivity index (χ4v) is 3.15. The van der Waals surface area contributed by atoms with E-state index in [1.54, 1.807) is 0 Å². The molecule has 0 spiro atoms. The number of likely N-dealkylation sites (tertiary alicyclic amines) is 1. The Morgan fingerprint density at radius 3 is 2.29 bits per heavy atom. The molecule has 28 heavy (non-hydrogen) atoms. The van der Waals surface area contributed by atoms with Crippen LogP contribution in [0.2, 0.25) is 0 Å². The van der Waals surface area contributed by atoms with E-state index in [9.17, 15) is 9.59 Å². The number of carbonyl (C=O) groups is 2. The molecule has 0 aromatic heterocycles. The summed E-state index contributed by atoms with van der Waals surface area (Å²) in [6, 6.07) is 7.86. The van der Waals surface area contributed by atoms with Crippen LogP contribution in [0.15, 0.2) is 24.3 Å². The largest absolute Gasteiger partial charge is 0.484 e. The molecule has 1 aromatic rings. The van der Waals surface area contributed by atoms with Crippen molar-refractivity contribution >= 4 is 11.9 Å². The van der Waals surface area contributed by atoms with Gasteiger partial charge in [0.15, 0.2) is 6.61 Å². The average molecular weight is 390 g/mol. The molecule has 0 saturated carbocycles. The highest BCUT2D eigenvalue weighted by atomic mass is 16.5. The smallest absolute Gasteiger partial charge is 0.317 e. The molecule has 6 nitrogen and oxygen atoms in total. The molecule has 1 aromatic carbocycles. The van der Waals surface area contributed by atoms with Crippen LogP contribution in [0.3, 0.4) is 0 Å². The highest BCUT2D eigenvalue weighted by Gasteiger charge is 2.25. The zero-order valence-corrected chi connectivity index (χ0v) is 17.9. The third-order valence-corrected chi connectivity index (χ3v) is 4.89. The molecule has 156 valence electrons. The lowest BCUT2D eigenvalue weighted by Gasteiger charge is -2.34. The molecule has 0 bridgehead atoms. The maximum atomic E-state index is 12.2. The number of benzene rings is 1. The first kappa shape index (κ1) is 22.1. The van der Waals surface area contributed by atoms with Crippen LogP contribution >= 0.6 is 0 Å². The summed E-state index contributed by atoms with van der Waals surface area (Å²) < 4.78 is 5.56. The van der Waals surface area contributed by atoms with Gasteiger partial charge in [0.05, 0.1) is 0 Å². The number of ether oxygens (including phenoxy) is 1. The second-order valence-electron chi connectivity index (χ2n) is 8.93. The standard InChI is InChI=1S/C22H35N3O3/c1-16(2)18-6-8-19(9-7-18)28-15-20(26)23-14-17-10-12-25(13-11-17)21(27)24-22(3,4)5/h6-9,16-17H,10-15H2,1-5H3,(H,23,26)(H,24,27). The molecule has 6 heteroatoms. The molecule has 0 atom stereocenters. The third-order valence-electron chi connectivity index (χ3n) is 4.89. The predicted molar refractivity (Wildman–Crippen MR) is 112 cm³/mol. The van der Waals surface area contributed by atoms with Crippen LogP contribution in [0, 0.1) is 5.92 Å². The second kappa shape index (κ2) is 9.80. The van der Waals surface area contributed by atoms with Gasteiger partial charge in [-0.1, -0.05) is 26.0 Å². The number of urea groups is 1. The summed E-state index contributed by atoms with van der Waals surface area (Å²) in [5, 5.41) is 5.95. The first-order chi connectivity index (χ1) is 13.1. The average Bonchev–Trinajstić information content (AvgIpc) is 2.64. The summed E-state index contributed by atoms with van der Waals surface area (Å²) in [4.78, 5) is 26.1. The molecule has 2 N–H and O–H groups in total. The number of amides is 3. The van der Waals surface area contributed by atoms with E-state index in [0.717, 1.165) is 25.9 Å². The number of hydrogen-bond acceptors (Lipinski definition) is 3. The van der Waals surface area contributed by atoms with E-state index >= 15 is 0 Å². The van der Waals surface area contributed by atoms with E-state index < -0.39 is 0 Å². The van der Waals surface area contributed by atoms with Gasteiger partial charge in [0.2, 0.25) is 0 Å². The Morgan fingerprint density at radius 1 is 1.14 bits per heavy atom. The lowest BCUT2D eigenvalue weighted by atomic mass is 9.97. The van der Waals surface area contributed by atoms with Gasteiger partial charge in [0.25, 0.3) is 5.91 Å². The minimum Gasteiger partial charge on any atom is -0.484 e. The molecule has 2 rings (SSSR count). The van der Waals surface area contributed by atoms with E-state index in [4.69, 9.17) is 4.74 Å². The van der Waals surface area contributed by atoms with Gasteiger partial charge in [-0.2, -0.15) is 0 Å². The van der Waals surface area contributed by atoms with Gasteiger partial charge >= 0.3 is 6.03 Å². The summed E-state index contributed by atoms with van der Waals surface area (Å²) >= 11 is 0. The maximum Gasteiger partial charge on any atom is 0.317 e. The van der Waals surface area contributed by atoms with Crippen molar-refractivity contribution in [3.05, 3.63) is 29.8 Å². The van der Waals surface area contributed by atoms with Crippen molar-refractivity contribution in [3.8, 4) is 5.75 Å². The molecule has 1 fully saturated rings. The first-order valence-corrected chi connectivity index (χ1v) is 10.2. The van der Waals surface area contributed by atoms with Crippen LogP contribution < -0.4 is 15.4 Å². The van der Waals surface area contributed by atoms with Crippen molar-refractivity contribution in [2.45, 2.75) is 58.9 Å². The topological polar surface area (TPSA) is 70.7 Å². The van der Waals surface area contributed by atoms with Crippen molar-refractivity contribution in [2.75, 3.05) is 26.2 Å². The number of hydrogen-bond donors (Lipinski definition) is 2. The van der Waals surface area contributed by atoms with Gasteiger partial charge in [-0.3, -0.25) is 4.79 Å². The van der Waals surface area contributed by atoms with Crippen molar-refractivity contribution in [2.24, 2.45) is 5.92 Å². The van der Waals surface area contributed by atoms with Gasteiger partial charge < -0.3 is 20.3 Å². The zero-order chi connectivity index (χ0) is 20.7. The van der Waals surface area contributed by atoms with E-state index in [1.165, 1.54) is 5.56 Å². The van der Waals surface area contributed by atoms with Gasteiger partial charge in [0.1, 0.15) is 5.75 Å². The van der Waals surface area contributed by atoms with Gasteiger partial charge in [-0.05, 0) is 63.1 Å². The Labute approximate surface area is 169 Å². The van der Waals surface area contributed by atoms with Crippen LogP contribution in [0.25, 0.3) is 0 Å². The summed E-state index contributed by atoms with van der Waals surface area (Å²) in [6.45, 7) is 12.3. The molecule has 1 saturated heterocycles. The van der Waals surface area contributed by atoms with Crippen molar-refractivity contribution in [1.82, 2.24) is 15.5 Å². The van der Waals surface area contributed by atoms with Crippen LogP contribution in [0.1, 0.15) is 58.9 Å². The predicted octanol–water partition coefficient (Wildman–Crippen LogP) is 3.53. The van der Waals surface area contributed by atoms with Gasteiger partial charge in [-0.25, -0.2) is 4.79 Å². The Morgan fingerprint density at radius 2 is 1.75 bits per heavy atom. The molecular weight excluding hydrogens is 354 g/mol. The van der Waals surface area contributed by atoms with Crippen LogP contribution in [-0.4, -0.2) is 48.6 Å². The molecule has 0 aliphatic carbocycles. The van der Waals surface area contributed by atoms with E-state index in [0.29, 0.717) is 24.1 Å². The Balaban J connectivity index is 1.65. The number of nitrogens with zero attached hydrogens (tertiary/aromatic N) is 1. The first-order valence-electron chi connectivity index (χ1n) is 10.2. The molecular formula is C22H35N3O3. The molecule has 0 radical (unpaired) electrons. The van der Waals surface area contributed by atoms with Crippen LogP contribution in [0.5, 0.6) is 5.75 Å². The monoisotopic (exact) mass is 389 g/mol. The second-order valence-corrected chi connectivity index (χ2v) is 8.93. The van der Waals surface area contributed by atoms with Crippen LogP contribution in [0.4, 0.5) is 4.79 Å². The molecule has 1 heterocycles. The Hall–Kier alpha value is -2.24. The zero-order valence-electron chi connectivity index (χ0n) is 17.9. The molecule has 1 aliphatic heterocycles. The lowest BCUT2D eigenvalue weighted by Crippen LogP contribution is -2.51. The summed E-state index contributed by atoms with van der Waals surface area (Å²) in [7, 11) is 0. The van der Waals surface area contributed by atoms with Gasteiger partial charge in [0, 0.05) is 25.2 Å². The maximum absolute atomic E-state index is 12.2. The third kappa shape index (κ3) is 7.41. The SMILES string of the molecule is CC(C)c1ccc(OCC(=O)NCC2CCN(C(=O)NC(C)(C)C)CC2)cc1. The summed E-state index contributed by atoms with van der Waals surface area (Å²) in [5.41, 5.74) is 1.02. The lowest BCUT2D eigenvalue weighted by molar-refractivity contribution is -0.123. The van der Waals surface area contributed by atoms with Crippen molar-refractivity contribution in [3.63, 3.8) is 0 Å². The fraction of sp³-hybridized carbons (Fsp3) is 0.636. The van der Waals surface area contributed by atoms with Crippen molar-refractivity contribution < 1.29 is 14.3 Å². The number of carbonyl (C=O) groups excluding carboxylic acids is 2. The normalized spacial score (nSPS) is 15.4. The fourth-order valence-electron chi connectivity index (χ4n) is 3.15. The molecule has 0 unspecified atom stereocenters. The Bertz CT molecular complexity index is 642.